The zero-order valence-corrected chi connectivity index (χ0v) is 15.9. The standard InChI is InChI=1S/C19H27ClN2O3/c1-21(2)17-8-13-10-22(11-14(13)9-18(17)24-3)19(23)12-25-16-6-4-15(20)5-7-16/h4-7,13-14,17-18H,8-12H2,1-3H3/t13-,14+,17-,18-/m1/s1. The maximum absolute atomic E-state index is 12.5. The average Bonchev–Trinajstić information content (AvgIpc) is 3.02. The number of carbonyl (C=O) groups excluding carboxylic acids is 1. The van der Waals surface area contributed by atoms with Crippen molar-refractivity contribution in [3.63, 3.8) is 0 Å². The van der Waals surface area contributed by atoms with Crippen LogP contribution in [0.15, 0.2) is 24.3 Å². The van der Waals surface area contributed by atoms with E-state index in [2.05, 4.69) is 19.0 Å². The van der Waals surface area contributed by atoms with Gasteiger partial charge < -0.3 is 19.3 Å². The van der Waals surface area contributed by atoms with Crippen LogP contribution >= 0.6 is 11.6 Å². The second-order valence-electron chi connectivity index (χ2n) is 7.34. The fourth-order valence-electron chi connectivity index (χ4n) is 4.16. The van der Waals surface area contributed by atoms with Crippen LogP contribution in [0.5, 0.6) is 5.75 Å². The predicted molar refractivity (Wildman–Crippen MR) is 98.0 cm³/mol. The lowest BCUT2D eigenvalue weighted by Gasteiger charge is -2.40. The molecule has 1 amide bonds. The molecule has 25 heavy (non-hydrogen) atoms. The zero-order chi connectivity index (χ0) is 18.0. The smallest absolute Gasteiger partial charge is 0.260 e. The summed E-state index contributed by atoms with van der Waals surface area (Å²) in [5.74, 6) is 1.81. The summed E-state index contributed by atoms with van der Waals surface area (Å²) >= 11 is 5.86. The number of carbonyl (C=O) groups is 1. The molecule has 138 valence electrons. The lowest BCUT2D eigenvalue weighted by atomic mass is 9.77. The molecule has 1 aliphatic heterocycles. The molecule has 0 unspecified atom stereocenters. The first-order valence-electron chi connectivity index (χ1n) is 8.83. The molecule has 1 aliphatic carbocycles. The Hall–Kier alpha value is -1.30. The SMILES string of the molecule is CO[C@@H]1C[C@H]2CN(C(=O)COc3ccc(Cl)cc3)C[C@H]2C[C@H]1N(C)C. The molecule has 1 saturated heterocycles. The molecule has 1 saturated carbocycles. The summed E-state index contributed by atoms with van der Waals surface area (Å²) in [6.07, 6.45) is 2.35. The third-order valence-electron chi connectivity index (χ3n) is 5.58. The van der Waals surface area contributed by atoms with E-state index in [0.717, 1.165) is 25.9 Å². The van der Waals surface area contributed by atoms with Gasteiger partial charge in [-0.3, -0.25) is 4.79 Å². The molecule has 2 fully saturated rings. The van der Waals surface area contributed by atoms with Crippen LogP contribution in [0, 0.1) is 11.8 Å². The first-order chi connectivity index (χ1) is 12.0. The number of methoxy groups -OCH3 is 1. The number of hydrogen-bond donors (Lipinski definition) is 0. The number of likely N-dealkylation sites (tertiary alicyclic amines) is 1. The predicted octanol–water partition coefficient (Wildman–Crippen LogP) is 2.53. The number of fused-ring (bicyclic) bond motifs is 1. The zero-order valence-electron chi connectivity index (χ0n) is 15.2. The first kappa shape index (κ1) is 18.5. The fourth-order valence-corrected chi connectivity index (χ4v) is 4.28. The Morgan fingerprint density at radius 1 is 1.20 bits per heavy atom. The Balaban J connectivity index is 1.55. The van der Waals surface area contributed by atoms with Gasteiger partial charge in [-0.2, -0.15) is 0 Å². The van der Waals surface area contributed by atoms with Gasteiger partial charge in [-0.25, -0.2) is 0 Å². The van der Waals surface area contributed by atoms with Gasteiger partial charge in [0.2, 0.25) is 0 Å². The topological polar surface area (TPSA) is 42.0 Å². The number of ether oxygens (including phenoxy) is 2. The Labute approximate surface area is 154 Å². The highest BCUT2D eigenvalue weighted by molar-refractivity contribution is 6.30. The van der Waals surface area contributed by atoms with Crippen molar-refractivity contribution in [2.45, 2.75) is 25.0 Å². The van der Waals surface area contributed by atoms with E-state index in [4.69, 9.17) is 21.1 Å². The van der Waals surface area contributed by atoms with Gasteiger partial charge in [-0.15, -0.1) is 0 Å². The molecule has 3 rings (SSSR count). The summed E-state index contributed by atoms with van der Waals surface area (Å²) in [6, 6.07) is 7.51. The Kier molecular flexibility index (Phi) is 5.87. The van der Waals surface area contributed by atoms with Gasteiger partial charge in [0.05, 0.1) is 6.10 Å². The molecule has 4 atom stereocenters. The van der Waals surface area contributed by atoms with E-state index in [0.29, 0.717) is 28.6 Å². The van der Waals surface area contributed by atoms with Crippen LogP contribution < -0.4 is 4.74 Å². The van der Waals surface area contributed by atoms with Gasteiger partial charge >= 0.3 is 0 Å². The molecule has 1 aromatic carbocycles. The van der Waals surface area contributed by atoms with Gasteiger partial charge in [0.15, 0.2) is 6.61 Å². The van der Waals surface area contributed by atoms with Gasteiger partial charge in [0.1, 0.15) is 5.75 Å². The minimum atomic E-state index is 0.0553. The number of rotatable bonds is 5. The molecule has 0 bridgehead atoms. The number of amides is 1. The molecular weight excluding hydrogens is 340 g/mol. The summed E-state index contributed by atoms with van der Waals surface area (Å²) in [5, 5.41) is 0.658. The van der Waals surface area contributed by atoms with Crippen molar-refractivity contribution in [3.8, 4) is 5.75 Å². The van der Waals surface area contributed by atoms with Crippen molar-refractivity contribution < 1.29 is 14.3 Å². The van der Waals surface area contributed by atoms with Crippen molar-refractivity contribution in [1.29, 1.82) is 0 Å². The normalized spacial score (nSPS) is 28.9. The van der Waals surface area contributed by atoms with Crippen LogP contribution in [-0.2, 0) is 9.53 Å². The number of hydrogen-bond acceptors (Lipinski definition) is 4. The minimum absolute atomic E-state index is 0.0553. The van der Waals surface area contributed by atoms with Gasteiger partial charge in [0, 0.05) is 31.3 Å². The summed E-state index contributed by atoms with van der Waals surface area (Å²) in [6.45, 7) is 1.72. The van der Waals surface area contributed by atoms with Crippen molar-refractivity contribution in [3.05, 3.63) is 29.3 Å². The van der Waals surface area contributed by atoms with Crippen LogP contribution in [0.3, 0.4) is 0 Å². The number of benzene rings is 1. The quantitative estimate of drug-likeness (QED) is 0.803. The Morgan fingerprint density at radius 2 is 1.84 bits per heavy atom. The summed E-state index contributed by atoms with van der Waals surface area (Å²) in [4.78, 5) is 16.7. The van der Waals surface area contributed by atoms with E-state index in [1.165, 1.54) is 0 Å². The van der Waals surface area contributed by atoms with Gasteiger partial charge in [-0.05, 0) is 63.0 Å². The molecule has 5 nitrogen and oxygen atoms in total. The van der Waals surface area contributed by atoms with E-state index < -0.39 is 0 Å². The Bertz CT molecular complexity index is 593. The summed E-state index contributed by atoms with van der Waals surface area (Å²) < 4.78 is 11.3. The maximum atomic E-state index is 12.5. The highest BCUT2D eigenvalue weighted by Crippen LogP contribution is 2.38. The van der Waals surface area contributed by atoms with E-state index in [1.54, 1.807) is 31.4 Å². The molecule has 0 aromatic heterocycles. The van der Waals surface area contributed by atoms with Crippen molar-refractivity contribution in [1.82, 2.24) is 9.80 Å². The van der Waals surface area contributed by atoms with Gasteiger partial charge in [-0.1, -0.05) is 11.6 Å². The molecule has 1 aromatic rings. The summed E-state index contributed by atoms with van der Waals surface area (Å²) in [7, 11) is 6.00. The fraction of sp³-hybridized carbons (Fsp3) is 0.632. The molecule has 0 radical (unpaired) electrons. The largest absolute Gasteiger partial charge is 0.484 e. The molecule has 1 heterocycles. The van der Waals surface area contributed by atoms with Crippen LogP contribution in [0.25, 0.3) is 0 Å². The van der Waals surface area contributed by atoms with Crippen molar-refractivity contribution in [2.75, 3.05) is 40.9 Å². The first-order valence-corrected chi connectivity index (χ1v) is 9.21. The number of halogens is 1. The molecule has 0 spiro atoms. The van der Waals surface area contributed by atoms with Crippen molar-refractivity contribution >= 4 is 17.5 Å². The molecule has 2 aliphatic rings. The van der Waals surface area contributed by atoms with Crippen LogP contribution in [0.2, 0.25) is 5.02 Å². The van der Waals surface area contributed by atoms with Crippen LogP contribution in [0.1, 0.15) is 12.8 Å². The maximum Gasteiger partial charge on any atom is 0.260 e. The van der Waals surface area contributed by atoms with E-state index in [9.17, 15) is 4.79 Å². The van der Waals surface area contributed by atoms with E-state index in [-0.39, 0.29) is 18.6 Å². The third kappa shape index (κ3) is 4.27. The lowest BCUT2D eigenvalue weighted by Crippen LogP contribution is -2.47. The Morgan fingerprint density at radius 3 is 2.44 bits per heavy atom. The summed E-state index contributed by atoms with van der Waals surface area (Å²) in [5.41, 5.74) is 0. The number of likely N-dealkylation sites (N-methyl/N-ethyl adjacent to an activating group) is 1. The molecular formula is C19H27ClN2O3. The lowest BCUT2D eigenvalue weighted by molar-refractivity contribution is -0.132. The van der Waals surface area contributed by atoms with Crippen LogP contribution in [-0.4, -0.2) is 68.8 Å². The second-order valence-corrected chi connectivity index (χ2v) is 7.77. The monoisotopic (exact) mass is 366 g/mol. The average molecular weight is 367 g/mol. The van der Waals surface area contributed by atoms with E-state index >= 15 is 0 Å². The number of nitrogens with zero attached hydrogens (tertiary/aromatic N) is 2. The highest BCUT2D eigenvalue weighted by atomic mass is 35.5. The van der Waals surface area contributed by atoms with Gasteiger partial charge in [0.25, 0.3) is 5.91 Å². The minimum Gasteiger partial charge on any atom is -0.484 e. The third-order valence-corrected chi connectivity index (χ3v) is 5.83. The highest BCUT2D eigenvalue weighted by Gasteiger charge is 2.44. The van der Waals surface area contributed by atoms with Crippen LogP contribution in [0.4, 0.5) is 0 Å². The second kappa shape index (κ2) is 7.94. The molecule has 6 heteroatoms. The molecule has 0 N–H and O–H groups in total. The van der Waals surface area contributed by atoms with E-state index in [1.807, 2.05) is 4.90 Å². The van der Waals surface area contributed by atoms with Crippen molar-refractivity contribution in [2.24, 2.45) is 11.8 Å².